The van der Waals surface area contributed by atoms with Crippen LogP contribution >= 0.6 is 11.3 Å². The van der Waals surface area contributed by atoms with Crippen molar-refractivity contribution in [3.63, 3.8) is 0 Å². The first-order valence-electron chi connectivity index (χ1n) is 6.17. The van der Waals surface area contributed by atoms with E-state index in [2.05, 4.69) is 17.2 Å². The van der Waals surface area contributed by atoms with Gasteiger partial charge in [-0.05, 0) is 25.6 Å². The Morgan fingerprint density at radius 1 is 1.42 bits per heavy atom. The third-order valence-corrected chi connectivity index (χ3v) is 4.01. The van der Waals surface area contributed by atoms with Crippen molar-refractivity contribution < 1.29 is 9.13 Å². The molecule has 3 nitrogen and oxygen atoms in total. The number of thiazole rings is 1. The zero-order chi connectivity index (χ0) is 13.8. The second-order valence-corrected chi connectivity index (χ2v) is 5.21. The lowest BCUT2D eigenvalue weighted by Gasteiger charge is -2.06. The van der Waals surface area contributed by atoms with E-state index in [1.165, 1.54) is 24.5 Å². The second-order valence-electron chi connectivity index (χ2n) is 4.13. The molecule has 2 aromatic rings. The number of hydrogen-bond donors (Lipinski definition) is 1. The third kappa shape index (κ3) is 2.93. The summed E-state index contributed by atoms with van der Waals surface area (Å²) in [6, 6.07) is 4.81. The SMILES string of the molecule is CCNCc1sc(-c2c(F)cccc2OC)nc1C. The normalized spacial score (nSPS) is 10.7. The van der Waals surface area contributed by atoms with Gasteiger partial charge in [0.25, 0.3) is 0 Å². The van der Waals surface area contributed by atoms with E-state index in [9.17, 15) is 4.39 Å². The molecule has 0 atom stereocenters. The van der Waals surface area contributed by atoms with Crippen molar-refractivity contribution in [1.82, 2.24) is 10.3 Å². The van der Waals surface area contributed by atoms with Crippen molar-refractivity contribution in [2.24, 2.45) is 0 Å². The van der Waals surface area contributed by atoms with Crippen LogP contribution in [0.4, 0.5) is 4.39 Å². The fourth-order valence-corrected chi connectivity index (χ4v) is 2.90. The van der Waals surface area contributed by atoms with Crippen LogP contribution < -0.4 is 10.1 Å². The topological polar surface area (TPSA) is 34.1 Å². The molecule has 5 heteroatoms. The number of methoxy groups -OCH3 is 1. The molecule has 2 rings (SSSR count). The van der Waals surface area contributed by atoms with Gasteiger partial charge < -0.3 is 10.1 Å². The van der Waals surface area contributed by atoms with Crippen LogP contribution in [-0.4, -0.2) is 18.6 Å². The van der Waals surface area contributed by atoms with E-state index in [0.717, 1.165) is 23.7 Å². The highest BCUT2D eigenvalue weighted by Crippen LogP contribution is 2.36. The number of benzene rings is 1. The molecule has 0 aliphatic rings. The fraction of sp³-hybridized carbons (Fsp3) is 0.357. The Labute approximate surface area is 116 Å². The summed E-state index contributed by atoms with van der Waals surface area (Å²) in [6.07, 6.45) is 0. The van der Waals surface area contributed by atoms with Gasteiger partial charge in [-0.2, -0.15) is 0 Å². The molecule has 0 amide bonds. The number of nitrogens with one attached hydrogen (secondary N) is 1. The van der Waals surface area contributed by atoms with Crippen molar-refractivity contribution in [3.8, 4) is 16.3 Å². The maximum absolute atomic E-state index is 14.0. The lowest BCUT2D eigenvalue weighted by atomic mass is 10.2. The average molecular weight is 280 g/mol. The lowest BCUT2D eigenvalue weighted by molar-refractivity contribution is 0.413. The predicted molar refractivity (Wildman–Crippen MR) is 76.2 cm³/mol. The molecule has 0 spiro atoms. The van der Waals surface area contributed by atoms with Crippen LogP contribution in [0.5, 0.6) is 5.75 Å². The molecular formula is C14H17FN2OS. The van der Waals surface area contributed by atoms with E-state index in [1.807, 2.05) is 6.92 Å². The molecule has 1 aromatic heterocycles. The summed E-state index contributed by atoms with van der Waals surface area (Å²) in [5.74, 6) is 0.215. The maximum atomic E-state index is 14.0. The Balaban J connectivity index is 2.42. The molecule has 0 fully saturated rings. The number of aryl methyl sites for hydroxylation is 1. The van der Waals surface area contributed by atoms with Gasteiger partial charge in [-0.1, -0.05) is 13.0 Å². The van der Waals surface area contributed by atoms with Gasteiger partial charge in [-0.25, -0.2) is 9.37 Å². The van der Waals surface area contributed by atoms with E-state index >= 15 is 0 Å². The molecule has 1 N–H and O–H groups in total. The number of aromatic nitrogens is 1. The van der Waals surface area contributed by atoms with E-state index in [1.54, 1.807) is 12.1 Å². The van der Waals surface area contributed by atoms with Gasteiger partial charge >= 0.3 is 0 Å². The molecule has 0 radical (unpaired) electrons. The summed E-state index contributed by atoms with van der Waals surface area (Å²) in [7, 11) is 1.54. The summed E-state index contributed by atoms with van der Waals surface area (Å²) in [6.45, 7) is 5.66. The molecule has 0 saturated heterocycles. The molecule has 102 valence electrons. The van der Waals surface area contributed by atoms with Crippen LogP contribution in [0.15, 0.2) is 18.2 Å². The molecule has 0 unspecified atom stereocenters. The number of nitrogens with zero attached hydrogens (tertiary/aromatic N) is 1. The van der Waals surface area contributed by atoms with Gasteiger partial charge in [0, 0.05) is 11.4 Å². The monoisotopic (exact) mass is 280 g/mol. The van der Waals surface area contributed by atoms with Crippen molar-refractivity contribution >= 4 is 11.3 Å². The molecule has 0 aliphatic carbocycles. The zero-order valence-electron chi connectivity index (χ0n) is 11.3. The van der Waals surface area contributed by atoms with E-state index in [0.29, 0.717) is 16.3 Å². The van der Waals surface area contributed by atoms with Crippen LogP contribution in [-0.2, 0) is 6.54 Å². The number of hydrogen-bond acceptors (Lipinski definition) is 4. The lowest BCUT2D eigenvalue weighted by Crippen LogP contribution is -2.11. The maximum Gasteiger partial charge on any atom is 0.137 e. The Morgan fingerprint density at radius 3 is 2.89 bits per heavy atom. The Morgan fingerprint density at radius 2 is 2.21 bits per heavy atom. The highest BCUT2D eigenvalue weighted by atomic mass is 32.1. The molecule has 0 saturated carbocycles. The van der Waals surface area contributed by atoms with Crippen molar-refractivity contribution in [2.45, 2.75) is 20.4 Å². The molecule has 19 heavy (non-hydrogen) atoms. The Bertz CT molecular complexity index is 569. The van der Waals surface area contributed by atoms with E-state index in [-0.39, 0.29) is 5.82 Å². The quantitative estimate of drug-likeness (QED) is 0.911. The first-order valence-corrected chi connectivity index (χ1v) is 6.99. The highest BCUT2D eigenvalue weighted by molar-refractivity contribution is 7.15. The minimum absolute atomic E-state index is 0.303. The highest BCUT2D eigenvalue weighted by Gasteiger charge is 2.17. The first-order chi connectivity index (χ1) is 9.17. The third-order valence-electron chi connectivity index (χ3n) is 2.84. The number of ether oxygens (including phenoxy) is 1. The van der Waals surface area contributed by atoms with Crippen molar-refractivity contribution in [2.75, 3.05) is 13.7 Å². The van der Waals surface area contributed by atoms with Gasteiger partial charge in [0.1, 0.15) is 16.6 Å². The smallest absolute Gasteiger partial charge is 0.137 e. The van der Waals surface area contributed by atoms with Gasteiger partial charge in [0.2, 0.25) is 0 Å². The van der Waals surface area contributed by atoms with Crippen molar-refractivity contribution in [1.29, 1.82) is 0 Å². The Hall–Kier alpha value is -1.46. The van der Waals surface area contributed by atoms with E-state index < -0.39 is 0 Å². The molecule has 1 heterocycles. The summed E-state index contributed by atoms with van der Waals surface area (Å²) in [5, 5.41) is 3.93. The molecule has 1 aromatic carbocycles. The van der Waals surface area contributed by atoms with E-state index in [4.69, 9.17) is 4.74 Å². The predicted octanol–water partition coefficient (Wildman–Crippen LogP) is 3.38. The van der Waals surface area contributed by atoms with Gasteiger partial charge in [0.15, 0.2) is 0 Å². The van der Waals surface area contributed by atoms with Gasteiger partial charge in [0.05, 0.1) is 18.4 Å². The standard InChI is InChI=1S/C14H17FN2OS/c1-4-16-8-12-9(2)17-14(19-12)13-10(15)6-5-7-11(13)18-3/h5-7,16H,4,8H2,1-3H3. The molecular weight excluding hydrogens is 263 g/mol. The summed E-state index contributed by atoms with van der Waals surface area (Å²) in [4.78, 5) is 5.59. The fourth-order valence-electron chi connectivity index (χ4n) is 1.82. The van der Waals surface area contributed by atoms with Crippen LogP contribution in [0.1, 0.15) is 17.5 Å². The van der Waals surface area contributed by atoms with Crippen LogP contribution in [0.3, 0.4) is 0 Å². The second kappa shape index (κ2) is 6.12. The number of rotatable bonds is 5. The first kappa shape index (κ1) is 14.0. The van der Waals surface area contributed by atoms with Gasteiger partial charge in [-0.3, -0.25) is 0 Å². The summed E-state index contributed by atoms with van der Waals surface area (Å²) in [5.41, 5.74) is 1.38. The summed E-state index contributed by atoms with van der Waals surface area (Å²) < 4.78 is 19.2. The van der Waals surface area contributed by atoms with Crippen LogP contribution in [0, 0.1) is 12.7 Å². The minimum atomic E-state index is -0.303. The number of halogens is 1. The van der Waals surface area contributed by atoms with Gasteiger partial charge in [-0.15, -0.1) is 11.3 Å². The average Bonchev–Trinajstić information content (AvgIpc) is 2.76. The zero-order valence-corrected chi connectivity index (χ0v) is 12.1. The van der Waals surface area contributed by atoms with Crippen LogP contribution in [0.2, 0.25) is 0 Å². The summed E-state index contributed by atoms with van der Waals surface area (Å²) >= 11 is 1.50. The largest absolute Gasteiger partial charge is 0.496 e. The van der Waals surface area contributed by atoms with Crippen molar-refractivity contribution in [3.05, 3.63) is 34.6 Å². The minimum Gasteiger partial charge on any atom is -0.496 e. The van der Waals surface area contributed by atoms with Crippen LogP contribution in [0.25, 0.3) is 10.6 Å². The Kier molecular flexibility index (Phi) is 4.50. The molecule has 0 aliphatic heterocycles. The molecule has 0 bridgehead atoms.